The lowest BCUT2D eigenvalue weighted by Gasteiger charge is -2.09. The zero-order valence-corrected chi connectivity index (χ0v) is 10.1. The van der Waals surface area contributed by atoms with E-state index in [1.54, 1.807) is 0 Å². The maximum Gasteiger partial charge on any atom is 0.416 e. The number of benzene rings is 1. The number of nitro groups is 1. The lowest BCUT2D eigenvalue weighted by molar-refractivity contribution is -0.384. The standard InChI is InChI=1S/C10H8ClF3N2O3/c11-4-3-9(17)15-7-2-1-6(10(12,13)14)5-8(7)16(18)19/h1-2,5H,3-4H2,(H,15,17). The van der Waals surface area contributed by atoms with Crippen LogP contribution in [0.15, 0.2) is 18.2 Å². The van der Waals surface area contributed by atoms with Gasteiger partial charge in [0.05, 0.1) is 10.5 Å². The molecule has 0 heterocycles. The van der Waals surface area contributed by atoms with Gasteiger partial charge in [-0.05, 0) is 12.1 Å². The van der Waals surface area contributed by atoms with Crippen molar-refractivity contribution < 1.29 is 22.9 Å². The molecule has 1 N–H and O–H groups in total. The molecular formula is C10H8ClF3N2O3. The molecule has 0 aliphatic heterocycles. The van der Waals surface area contributed by atoms with E-state index < -0.39 is 28.3 Å². The Morgan fingerprint density at radius 2 is 2.05 bits per heavy atom. The van der Waals surface area contributed by atoms with E-state index in [9.17, 15) is 28.1 Å². The molecule has 0 bridgehead atoms. The number of hydrogen-bond donors (Lipinski definition) is 1. The number of nitrogens with zero attached hydrogens (tertiary/aromatic N) is 1. The average Bonchev–Trinajstić information content (AvgIpc) is 2.27. The molecule has 0 fully saturated rings. The van der Waals surface area contributed by atoms with Crippen molar-refractivity contribution in [3.05, 3.63) is 33.9 Å². The molecule has 104 valence electrons. The summed E-state index contributed by atoms with van der Waals surface area (Å²) in [5, 5.41) is 12.8. The van der Waals surface area contributed by atoms with E-state index in [4.69, 9.17) is 11.6 Å². The van der Waals surface area contributed by atoms with Crippen LogP contribution in [0.3, 0.4) is 0 Å². The van der Waals surface area contributed by atoms with Gasteiger partial charge in [-0.3, -0.25) is 14.9 Å². The first kappa shape index (κ1) is 15.2. The molecule has 1 rings (SSSR count). The van der Waals surface area contributed by atoms with Crippen LogP contribution in [-0.4, -0.2) is 16.7 Å². The molecule has 0 radical (unpaired) electrons. The highest BCUT2D eigenvalue weighted by Crippen LogP contribution is 2.34. The van der Waals surface area contributed by atoms with Crippen LogP contribution in [0, 0.1) is 10.1 Å². The minimum atomic E-state index is -4.69. The Balaban J connectivity index is 3.12. The molecule has 0 aliphatic rings. The maximum atomic E-state index is 12.4. The second kappa shape index (κ2) is 5.87. The Morgan fingerprint density at radius 1 is 1.42 bits per heavy atom. The maximum absolute atomic E-state index is 12.4. The van der Waals surface area contributed by atoms with Crippen LogP contribution in [0.25, 0.3) is 0 Å². The van der Waals surface area contributed by atoms with Crippen molar-refractivity contribution in [1.82, 2.24) is 0 Å². The van der Waals surface area contributed by atoms with E-state index in [2.05, 4.69) is 5.32 Å². The highest BCUT2D eigenvalue weighted by molar-refractivity contribution is 6.19. The molecule has 0 saturated heterocycles. The third-order valence-electron chi connectivity index (χ3n) is 2.12. The summed E-state index contributed by atoms with van der Waals surface area (Å²) >= 11 is 5.31. The van der Waals surface area contributed by atoms with Gasteiger partial charge in [0, 0.05) is 18.4 Å². The Morgan fingerprint density at radius 3 is 2.53 bits per heavy atom. The molecule has 1 amide bonds. The monoisotopic (exact) mass is 296 g/mol. The number of hydrogen-bond acceptors (Lipinski definition) is 3. The zero-order chi connectivity index (χ0) is 14.6. The summed E-state index contributed by atoms with van der Waals surface area (Å²) < 4.78 is 37.3. The molecule has 0 aliphatic carbocycles. The molecule has 0 spiro atoms. The number of nitro benzene ring substituents is 1. The van der Waals surface area contributed by atoms with Gasteiger partial charge < -0.3 is 5.32 Å². The Labute approximate surface area is 110 Å². The smallest absolute Gasteiger partial charge is 0.320 e. The van der Waals surface area contributed by atoms with Gasteiger partial charge in [-0.2, -0.15) is 13.2 Å². The summed E-state index contributed by atoms with van der Waals surface area (Å²) in [6, 6.07) is 1.87. The summed E-state index contributed by atoms with van der Waals surface area (Å²) in [5.41, 5.74) is -2.28. The van der Waals surface area contributed by atoms with Crippen LogP contribution >= 0.6 is 11.6 Å². The molecule has 9 heteroatoms. The predicted octanol–water partition coefficient (Wildman–Crippen LogP) is 3.18. The van der Waals surface area contributed by atoms with E-state index in [0.29, 0.717) is 12.1 Å². The number of halogens is 4. The molecule has 1 aromatic carbocycles. The van der Waals surface area contributed by atoms with Crippen LogP contribution in [0.5, 0.6) is 0 Å². The minimum absolute atomic E-state index is 0.000264. The largest absolute Gasteiger partial charge is 0.416 e. The fourth-order valence-corrected chi connectivity index (χ4v) is 1.43. The topological polar surface area (TPSA) is 72.2 Å². The minimum Gasteiger partial charge on any atom is -0.320 e. The van der Waals surface area contributed by atoms with Crippen molar-refractivity contribution in [1.29, 1.82) is 0 Å². The highest BCUT2D eigenvalue weighted by Gasteiger charge is 2.33. The molecule has 19 heavy (non-hydrogen) atoms. The van der Waals surface area contributed by atoms with E-state index in [0.717, 1.165) is 6.07 Å². The third-order valence-corrected chi connectivity index (χ3v) is 2.31. The molecule has 0 saturated carbocycles. The molecule has 0 aromatic heterocycles. The molecule has 0 atom stereocenters. The molecule has 1 aromatic rings. The van der Waals surface area contributed by atoms with Crippen molar-refractivity contribution in [2.75, 3.05) is 11.2 Å². The summed E-state index contributed by atoms with van der Waals surface area (Å²) in [6.45, 7) is 0. The number of nitrogens with one attached hydrogen (secondary N) is 1. The van der Waals surface area contributed by atoms with Gasteiger partial charge in [0.25, 0.3) is 5.69 Å². The van der Waals surface area contributed by atoms with Gasteiger partial charge in [-0.1, -0.05) is 0 Å². The second-order valence-corrected chi connectivity index (χ2v) is 3.85. The van der Waals surface area contributed by atoms with E-state index in [1.807, 2.05) is 0 Å². The van der Waals surface area contributed by atoms with Gasteiger partial charge in [0.2, 0.25) is 5.91 Å². The molecular weight excluding hydrogens is 289 g/mol. The van der Waals surface area contributed by atoms with E-state index in [1.165, 1.54) is 0 Å². The van der Waals surface area contributed by atoms with Crippen molar-refractivity contribution in [3.8, 4) is 0 Å². The summed E-state index contributed by atoms with van der Waals surface area (Å²) in [6.07, 6.45) is -4.79. The Hall–Kier alpha value is -1.83. The van der Waals surface area contributed by atoms with Crippen molar-refractivity contribution in [2.45, 2.75) is 12.6 Å². The van der Waals surface area contributed by atoms with Gasteiger partial charge in [-0.15, -0.1) is 11.6 Å². The van der Waals surface area contributed by atoms with E-state index >= 15 is 0 Å². The lowest BCUT2D eigenvalue weighted by atomic mass is 10.1. The zero-order valence-electron chi connectivity index (χ0n) is 9.33. The SMILES string of the molecule is O=C(CCCl)Nc1ccc(C(F)(F)F)cc1[N+](=O)[O-]. The predicted molar refractivity (Wildman–Crippen MR) is 62.1 cm³/mol. The Bertz CT molecular complexity index is 505. The first-order chi connectivity index (χ1) is 8.75. The van der Waals surface area contributed by atoms with Gasteiger partial charge >= 0.3 is 6.18 Å². The van der Waals surface area contributed by atoms with E-state index in [-0.39, 0.29) is 18.0 Å². The van der Waals surface area contributed by atoms with Crippen molar-refractivity contribution in [3.63, 3.8) is 0 Å². The summed E-state index contributed by atoms with van der Waals surface area (Å²) in [5.74, 6) is -0.613. The van der Waals surface area contributed by atoms with Gasteiger partial charge in [0.15, 0.2) is 0 Å². The van der Waals surface area contributed by atoms with Gasteiger partial charge in [0.1, 0.15) is 5.69 Å². The number of carbonyl (C=O) groups excluding carboxylic acids is 1. The number of alkyl halides is 4. The first-order valence-electron chi connectivity index (χ1n) is 4.97. The molecule has 5 nitrogen and oxygen atoms in total. The van der Waals surface area contributed by atoms with Crippen LogP contribution in [0.1, 0.15) is 12.0 Å². The molecule has 0 unspecified atom stereocenters. The lowest BCUT2D eigenvalue weighted by Crippen LogP contribution is -2.14. The third kappa shape index (κ3) is 4.09. The van der Waals surface area contributed by atoms with Crippen LogP contribution in [0.2, 0.25) is 0 Å². The first-order valence-corrected chi connectivity index (χ1v) is 5.50. The van der Waals surface area contributed by atoms with Gasteiger partial charge in [-0.25, -0.2) is 0 Å². The quantitative estimate of drug-likeness (QED) is 0.527. The fourth-order valence-electron chi connectivity index (χ4n) is 1.26. The highest BCUT2D eigenvalue weighted by atomic mass is 35.5. The van der Waals surface area contributed by atoms with Crippen molar-refractivity contribution in [2.24, 2.45) is 0 Å². The normalized spacial score (nSPS) is 11.2. The van der Waals surface area contributed by atoms with Crippen LogP contribution in [-0.2, 0) is 11.0 Å². The summed E-state index contributed by atoms with van der Waals surface area (Å²) in [7, 11) is 0. The number of anilines is 1. The Kier molecular flexibility index (Phi) is 4.71. The number of amides is 1. The number of rotatable bonds is 4. The fraction of sp³-hybridized carbons (Fsp3) is 0.300. The van der Waals surface area contributed by atoms with Crippen molar-refractivity contribution >= 4 is 28.9 Å². The summed E-state index contributed by atoms with van der Waals surface area (Å²) in [4.78, 5) is 20.9. The second-order valence-electron chi connectivity index (χ2n) is 3.47. The van der Waals surface area contributed by atoms with Crippen LogP contribution in [0.4, 0.5) is 24.5 Å². The number of carbonyl (C=O) groups is 1. The average molecular weight is 297 g/mol. The van der Waals surface area contributed by atoms with Crippen LogP contribution < -0.4 is 5.32 Å².